The van der Waals surface area contributed by atoms with Crippen LogP contribution < -0.4 is 9.64 Å². The van der Waals surface area contributed by atoms with E-state index in [1.54, 1.807) is 55.5 Å². The highest BCUT2D eigenvalue weighted by atomic mass is 79.9. The van der Waals surface area contributed by atoms with Crippen molar-refractivity contribution in [1.29, 1.82) is 0 Å². The number of rotatable bonds is 7. The van der Waals surface area contributed by atoms with Gasteiger partial charge >= 0.3 is 11.9 Å². The zero-order valence-corrected chi connectivity index (χ0v) is 21.8. The number of esters is 1. The zero-order valence-electron chi connectivity index (χ0n) is 19.4. The van der Waals surface area contributed by atoms with Crippen LogP contribution in [0.25, 0.3) is 5.76 Å². The molecule has 2 heterocycles. The summed E-state index contributed by atoms with van der Waals surface area (Å²) in [7, 11) is 1.49. The smallest absolute Gasteiger partial charge is 0.350 e. The van der Waals surface area contributed by atoms with Gasteiger partial charge in [-0.2, -0.15) is 0 Å². The Hall–Kier alpha value is -3.76. The number of carbonyl (C=O) groups is 3. The minimum absolute atomic E-state index is 0.0224. The van der Waals surface area contributed by atoms with Crippen molar-refractivity contribution in [2.24, 2.45) is 0 Å². The molecule has 1 N–H and O–H groups in total. The summed E-state index contributed by atoms with van der Waals surface area (Å²) >= 11 is 4.37. The molecule has 1 saturated heterocycles. The van der Waals surface area contributed by atoms with Crippen molar-refractivity contribution in [1.82, 2.24) is 4.98 Å². The van der Waals surface area contributed by atoms with Crippen molar-refractivity contribution in [2.75, 3.05) is 18.6 Å². The van der Waals surface area contributed by atoms with E-state index in [0.29, 0.717) is 22.6 Å². The first-order chi connectivity index (χ1) is 17.3. The number of amides is 1. The third kappa shape index (κ3) is 4.69. The molecule has 1 aromatic heterocycles. The second kappa shape index (κ2) is 10.5. The minimum atomic E-state index is -0.990. The standard InChI is InChI=1S/C26H21BrN2O6S/c1-4-11-35-25(33)23-14(2)28-26(36-23)29-20(15-7-5-9-17(27)12-15)19(22(31)24(29)32)21(30)16-8-6-10-18(13-16)34-3/h4-10,12-13,20,30H,1,11H2,2-3H3/b21-19+. The Balaban J connectivity index is 1.90. The Morgan fingerprint density at radius 1 is 1.25 bits per heavy atom. The van der Waals surface area contributed by atoms with Crippen LogP contribution in [0.5, 0.6) is 5.75 Å². The van der Waals surface area contributed by atoms with E-state index in [-0.39, 0.29) is 27.9 Å². The average Bonchev–Trinajstić information content (AvgIpc) is 3.38. The van der Waals surface area contributed by atoms with Gasteiger partial charge in [0.15, 0.2) is 5.13 Å². The van der Waals surface area contributed by atoms with Gasteiger partial charge < -0.3 is 14.6 Å². The van der Waals surface area contributed by atoms with Gasteiger partial charge in [-0.05, 0) is 36.8 Å². The lowest BCUT2D eigenvalue weighted by Crippen LogP contribution is -2.29. The van der Waals surface area contributed by atoms with E-state index in [1.807, 2.05) is 0 Å². The number of methoxy groups -OCH3 is 1. The molecule has 1 aliphatic rings. The number of aryl methyl sites for hydroxylation is 1. The van der Waals surface area contributed by atoms with Gasteiger partial charge in [0.2, 0.25) is 0 Å². The van der Waals surface area contributed by atoms with Crippen molar-refractivity contribution >= 4 is 55.8 Å². The maximum atomic E-state index is 13.3. The molecule has 8 nitrogen and oxygen atoms in total. The number of anilines is 1. The molecule has 0 spiro atoms. The number of carbonyl (C=O) groups excluding carboxylic acids is 3. The Morgan fingerprint density at radius 3 is 2.69 bits per heavy atom. The van der Waals surface area contributed by atoms with E-state index in [1.165, 1.54) is 18.1 Å². The predicted molar refractivity (Wildman–Crippen MR) is 139 cm³/mol. The van der Waals surface area contributed by atoms with Crippen LogP contribution in [0.1, 0.15) is 32.5 Å². The first-order valence-corrected chi connectivity index (χ1v) is 12.3. The Bertz CT molecular complexity index is 1410. The van der Waals surface area contributed by atoms with Crippen LogP contribution in [-0.2, 0) is 14.3 Å². The number of benzene rings is 2. The number of ether oxygens (including phenoxy) is 2. The molecule has 1 aliphatic heterocycles. The van der Waals surface area contributed by atoms with Crippen LogP contribution in [0, 0.1) is 6.92 Å². The molecule has 1 fully saturated rings. The summed E-state index contributed by atoms with van der Waals surface area (Å²) in [6.45, 7) is 5.17. The molecule has 3 aromatic rings. The quantitative estimate of drug-likeness (QED) is 0.137. The van der Waals surface area contributed by atoms with Gasteiger partial charge in [-0.3, -0.25) is 14.5 Å². The van der Waals surface area contributed by atoms with E-state index in [9.17, 15) is 19.5 Å². The molecule has 1 atom stereocenters. The number of aliphatic hydroxyl groups is 1. The second-order valence-electron chi connectivity index (χ2n) is 7.75. The highest BCUT2D eigenvalue weighted by molar-refractivity contribution is 9.10. The van der Waals surface area contributed by atoms with Gasteiger partial charge in [0.1, 0.15) is 23.0 Å². The lowest BCUT2D eigenvalue weighted by Gasteiger charge is -2.23. The summed E-state index contributed by atoms with van der Waals surface area (Å²) in [6, 6.07) is 12.6. The molecule has 4 rings (SSSR count). The maximum absolute atomic E-state index is 13.3. The van der Waals surface area contributed by atoms with E-state index < -0.39 is 23.7 Å². The summed E-state index contributed by atoms with van der Waals surface area (Å²) in [5, 5.41) is 11.4. The molecule has 1 unspecified atom stereocenters. The van der Waals surface area contributed by atoms with Gasteiger partial charge in [0.25, 0.3) is 5.78 Å². The third-order valence-electron chi connectivity index (χ3n) is 5.46. The molecule has 2 aromatic carbocycles. The fourth-order valence-corrected chi connectivity index (χ4v) is 5.23. The fourth-order valence-electron chi connectivity index (χ4n) is 3.82. The number of aliphatic hydroxyl groups excluding tert-OH is 1. The van der Waals surface area contributed by atoms with Crippen molar-refractivity contribution < 1.29 is 29.0 Å². The van der Waals surface area contributed by atoms with Crippen LogP contribution in [-0.4, -0.2) is 41.5 Å². The number of nitrogens with zero attached hydrogens (tertiary/aromatic N) is 2. The highest BCUT2D eigenvalue weighted by Gasteiger charge is 2.48. The van der Waals surface area contributed by atoms with Crippen molar-refractivity contribution in [2.45, 2.75) is 13.0 Å². The summed E-state index contributed by atoms with van der Waals surface area (Å²) in [4.78, 5) is 44.9. The largest absolute Gasteiger partial charge is 0.507 e. The van der Waals surface area contributed by atoms with E-state index >= 15 is 0 Å². The van der Waals surface area contributed by atoms with E-state index in [0.717, 1.165) is 15.8 Å². The highest BCUT2D eigenvalue weighted by Crippen LogP contribution is 2.44. The van der Waals surface area contributed by atoms with Crippen LogP contribution in [0.4, 0.5) is 5.13 Å². The molecule has 1 amide bonds. The number of ketones is 1. The molecule has 10 heteroatoms. The summed E-state index contributed by atoms with van der Waals surface area (Å²) in [5.41, 5.74) is 1.13. The number of aromatic nitrogens is 1. The number of thiazole rings is 1. The van der Waals surface area contributed by atoms with Crippen molar-refractivity contribution in [3.05, 3.63) is 92.9 Å². The first-order valence-electron chi connectivity index (χ1n) is 10.7. The summed E-state index contributed by atoms with van der Waals surface area (Å²) in [5.74, 6) is -2.22. The van der Waals surface area contributed by atoms with Crippen LogP contribution >= 0.6 is 27.3 Å². The molecule has 184 valence electrons. The topological polar surface area (TPSA) is 106 Å². The predicted octanol–water partition coefficient (Wildman–Crippen LogP) is 5.19. The van der Waals surface area contributed by atoms with E-state index in [2.05, 4.69) is 27.5 Å². The second-order valence-corrected chi connectivity index (χ2v) is 9.65. The Morgan fingerprint density at radius 2 is 2.00 bits per heavy atom. The normalized spacial score (nSPS) is 16.8. The van der Waals surface area contributed by atoms with Crippen LogP contribution in [0.2, 0.25) is 0 Å². The summed E-state index contributed by atoms with van der Waals surface area (Å²) in [6.07, 6.45) is 1.44. The lowest BCUT2D eigenvalue weighted by molar-refractivity contribution is -0.132. The summed E-state index contributed by atoms with van der Waals surface area (Å²) < 4.78 is 11.1. The van der Waals surface area contributed by atoms with Gasteiger partial charge in [-0.25, -0.2) is 9.78 Å². The third-order valence-corrected chi connectivity index (χ3v) is 7.09. The molecular weight excluding hydrogens is 548 g/mol. The number of halogens is 1. The molecule has 36 heavy (non-hydrogen) atoms. The van der Waals surface area contributed by atoms with Gasteiger partial charge in [-0.1, -0.05) is 64.2 Å². The van der Waals surface area contributed by atoms with Crippen molar-refractivity contribution in [3.63, 3.8) is 0 Å². The van der Waals surface area contributed by atoms with E-state index in [4.69, 9.17) is 9.47 Å². The lowest BCUT2D eigenvalue weighted by atomic mass is 9.95. The molecule has 0 radical (unpaired) electrons. The van der Waals surface area contributed by atoms with Crippen LogP contribution in [0.15, 0.2) is 71.2 Å². The average molecular weight is 569 g/mol. The van der Waals surface area contributed by atoms with Gasteiger partial charge in [0, 0.05) is 10.0 Å². The van der Waals surface area contributed by atoms with Gasteiger partial charge in [0.05, 0.1) is 24.4 Å². The van der Waals surface area contributed by atoms with Gasteiger partial charge in [-0.15, -0.1) is 0 Å². The Kier molecular flexibility index (Phi) is 7.37. The number of Topliss-reactive ketones (excluding diaryl/α,β-unsaturated/α-hetero) is 1. The van der Waals surface area contributed by atoms with Crippen molar-refractivity contribution in [3.8, 4) is 5.75 Å². The molecular formula is C26H21BrN2O6S. The molecule has 0 aliphatic carbocycles. The molecule has 0 saturated carbocycles. The number of hydrogen-bond donors (Lipinski definition) is 1. The fraction of sp³-hybridized carbons (Fsp3) is 0.154. The number of hydrogen-bond acceptors (Lipinski definition) is 8. The minimum Gasteiger partial charge on any atom is -0.507 e. The Labute approximate surface area is 219 Å². The first kappa shape index (κ1) is 25.3. The monoisotopic (exact) mass is 568 g/mol. The van der Waals surface area contributed by atoms with Crippen LogP contribution in [0.3, 0.4) is 0 Å². The maximum Gasteiger partial charge on any atom is 0.350 e. The zero-order chi connectivity index (χ0) is 26.0. The molecule has 0 bridgehead atoms. The SMILES string of the molecule is C=CCOC(=O)c1sc(N2C(=O)C(=O)/C(=C(/O)c3cccc(OC)c3)C2c2cccc(Br)c2)nc1C.